The Morgan fingerprint density at radius 1 is 1.55 bits per heavy atom. The second-order valence-corrected chi connectivity index (χ2v) is 5.01. The molecular formula is C13H16N2O4S. The number of thioether (sulfide) groups is 1. The Balaban J connectivity index is 2.51. The Kier molecular flexibility index (Phi) is 4.39. The second kappa shape index (κ2) is 6.04. The van der Waals surface area contributed by atoms with Crippen molar-refractivity contribution in [2.75, 3.05) is 19.9 Å². The summed E-state index contributed by atoms with van der Waals surface area (Å²) in [4.78, 5) is 10.9. The van der Waals surface area contributed by atoms with Crippen molar-refractivity contribution in [3.8, 4) is 11.5 Å². The molecule has 20 heavy (non-hydrogen) atoms. The summed E-state index contributed by atoms with van der Waals surface area (Å²) in [5.41, 5.74) is 0.787. The number of hydrogen-bond donors (Lipinski definition) is 1. The molecule has 7 heteroatoms. The van der Waals surface area contributed by atoms with Gasteiger partial charge in [0.25, 0.3) is 5.88 Å². The van der Waals surface area contributed by atoms with Gasteiger partial charge in [0.1, 0.15) is 16.7 Å². The molecule has 0 radical (unpaired) electrons. The van der Waals surface area contributed by atoms with Crippen molar-refractivity contribution in [3.05, 3.63) is 45.5 Å². The number of rotatable bonds is 5. The first-order valence-electron chi connectivity index (χ1n) is 6.16. The number of fused-ring (bicyclic) bond motifs is 1. The number of hydrogen-bond acceptors (Lipinski definition) is 6. The summed E-state index contributed by atoms with van der Waals surface area (Å²) in [5, 5.41) is 13.7. The number of nitro groups is 1. The van der Waals surface area contributed by atoms with E-state index in [2.05, 4.69) is 5.32 Å². The van der Waals surface area contributed by atoms with Crippen LogP contribution in [0.2, 0.25) is 0 Å². The fourth-order valence-electron chi connectivity index (χ4n) is 2.11. The summed E-state index contributed by atoms with van der Waals surface area (Å²) in [6.45, 7) is 2.44. The average molecular weight is 296 g/mol. The minimum absolute atomic E-state index is 0.0288. The smallest absolute Gasteiger partial charge is 0.323 e. The van der Waals surface area contributed by atoms with Crippen LogP contribution in [0.15, 0.2) is 29.8 Å². The highest BCUT2D eigenvalue weighted by Crippen LogP contribution is 2.45. The Morgan fingerprint density at radius 3 is 2.85 bits per heavy atom. The van der Waals surface area contributed by atoms with Gasteiger partial charge in [-0.15, -0.1) is 11.8 Å². The molecule has 0 fully saturated rings. The molecule has 0 amide bonds. The van der Waals surface area contributed by atoms with E-state index < -0.39 is 10.2 Å². The quantitative estimate of drug-likeness (QED) is 0.665. The topological polar surface area (TPSA) is 73.6 Å². The van der Waals surface area contributed by atoms with Gasteiger partial charge in [0.05, 0.1) is 11.5 Å². The van der Waals surface area contributed by atoms with Crippen LogP contribution in [0.5, 0.6) is 11.5 Å². The summed E-state index contributed by atoms with van der Waals surface area (Å²) >= 11 is 1.40. The van der Waals surface area contributed by atoms with Gasteiger partial charge in [0.2, 0.25) is 0 Å². The molecule has 1 unspecified atom stereocenters. The standard InChI is InChI=1S/C13H16N2O4S/c1-4-18-8-5-6-10-9(7-8)12(20-3)11(15(16)17)13(14-2)19-10/h5-7,12,14H,4H2,1-3H3. The first-order valence-corrected chi connectivity index (χ1v) is 7.44. The molecule has 1 aliphatic heterocycles. The van der Waals surface area contributed by atoms with Crippen LogP contribution in [0, 0.1) is 10.1 Å². The molecule has 108 valence electrons. The number of nitrogens with one attached hydrogen (secondary N) is 1. The molecule has 0 bridgehead atoms. The maximum absolute atomic E-state index is 11.3. The van der Waals surface area contributed by atoms with Gasteiger partial charge in [-0.05, 0) is 31.4 Å². The molecule has 0 spiro atoms. The maximum Gasteiger partial charge on any atom is 0.323 e. The first-order chi connectivity index (χ1) is 9.62. The van der Waals surface area contributed by atoms with Gasteiger partial charge in [-0.1, -0.05) is 0 Å². The van der Waals surface area contributed by atoms with Crippen molar-refractivity contribution in [1.29, 1.82) is 0 Å². The summed E-state index contributed by atoms with van der Waals surface area (Å²) < 4.78 is 11.0. The van der Waals surface area contributed by atoms with E-state index in [4.69, 9.17) is 9.47 Å². The highest BCUT2D eigenvalue weighted by molar-refractivity contribution is 7.99. The molecule has 1 aliphatic rings. The lowest BCUT2D eigenvalue weighted by atomic mass is 10.1. The van der Waals surface area contributed by atoms with Crippen LogP contribution in [0.1, 0.15) is 17.7 Å². The van der Waals surface area contributed by atoms with Crippen molar-refractivity contribution >= 4 is 11.8 Å². The third-order valence-corrected chi connectivity index (χ3v) is 3.88. The van der Waals surface area contributed by atoms with Crippen LogP contribution >= 0.6 is 11.8 Å². The molecule has 1 aromatic rings. The van der Waals surface area contributed by atoms with E-state index in [-0.39, 0.29) is 11.6 Å². The molecule has 1 N–H and O–H groups in total. The van der Waals surface area contributed by atoms with Gasteiger partial charge in [-0.3, -0.25) is 10.1 Å². The largest absolute Gasteiger partial charge is 0.494 e. The van der Waals surface area contributed by atoms with E-state index in [0.717, 1.165) is 5.56 Å². The number of benzene rings is 1. The lowest BCUT2D eigenvalue weighted by Crippen LogP contribution is -2.26. The third kappa shape index (κ3) is 2.53. The fourth-order valence-corrected chi connectivity index (χ4v) is 2.96. The van der Waals surface area contributed by atoms with E-state index in [1.54, 1.807) is 25.2 Å². The van der Waals surface area contributed by atoms with E-state index in [9.17, 15) is 10.1 Å². The van der Waals surface area contributed by atoms with Crippen LogP contribution in [0.3, 0.4) is 0 Å². The Labute approximate surface area is 121 Å². The van der Waals surface area contributed by atoms with E-state index in [1.165, 1.54) is 11.8 Å². The monoisotopic (exact) mass is 296 g/mol. The zero-order chi connectivity index (χ0) is 14.7. The lowest BCUT2D eigenvalue weighted by molar-refractivity contribution is -0.431. The van der Waals surface area contributed by atoms with Gasteiger partial charge in [0, 0.05) is 12.6 Å². The Hall–Kier alpha value is -1.89. The van der Waals surface area contributed by atoms with E-state index in [0.29, 0.717) is 18.1 Å². The van der Waals surface area contributed by atoms with Crippen LogP contribution in [-0.4, -0.2) is 24.8 Å². The van der Waals surface area contributed by atoms with Crippen molar-refractivity contribution in [1.82, 2.24) is 5.32 Å². The van der Waals surface area contributed by atoms with Crippen LogP contribution in [0.25, 0.3) is 0 Å². The second-order valence-electron chi connectivity index (χ2n) is 4.07. The van der Waals surface area contributed by atoms with Gasteiger partial charge in [-0.25, -0.2) is 0 Å². The van der Waals surface area contributed by atoms with Crippen LogP contribution < -0.4 is 14.8 Å². The molecule has 1 heterocycles. The van der Waals surface area contributed by atoms with Crippen LogP contribution in [-0.2, 0) is 0 Å². The molecule has 0 aliphatic carbocycles. The number of ether oxygens (including phenoxy) is 2. The molecule has 1 aromatic carbocycles. The van der Waals surface area contributed by atoms with E-state index >= 15 is 0 Å². The van der Waals surface area contributed by atoms with Crippen molar-refractivity contribution in [3.63, 3.8) is 0 Å². The van der Waals surface area contributed by atoms with Crippen molar-refractivity contribution < 1.29 is 14.4 Å². The van der Waals surface area contributed by atoms with Crippen molar-refractivity contribution in [2.45, 2.75) is 12.2 Å². The minimum Gasteiger partial charge on any atom is -0.494 e. The SMILES string of the molecule is CCOc1ccc2c(c1)C(SC)C([N+](=O)[O-])=C(NC)O2. The molecule has 1 atom stereocenters. The molecular weight excluding hydrogens is 280 g/mol. The summed E-state index contributed by atoms with van der Waals surface area (Å²) in [5.74, 6) is 1.48. The summed E-state index contributed by atoms with van der Waals surface area (Å²) in [6, 6.07) is 5.37. The van der Waals surface area contributed by atoms with Crippen LogP contribution in [0.4, 0.5) is 0 Å². The molecule has 0 aromatic heterocycles. The van der Waals surface area contributed by atoms with Gasteiger partial charge >= 0.3 is 5.70 Å². The Morgan fingerprint density at radius 2 is 2.30 bits per heavy atom. The molecule has 0 saturated heterocycles. The Bertz CT molecular complexity index is 559. The maximum atomic E-state index is 11.3. The highest BCUT2D eigenvalue weighted by atomic mass is 32.2. The molecule has 0 saturated carbocycles. The number of nitrogens with zero attached hydrogens (tertiary/aromatic N) is 1. The average Bonchev–Trinajstić information content (AvgIpc) is 2.45. The third-order valence-electron chi connectivity index (χ3n) is 2.93. The predicted octanol–water partition coefficient (Wildman–Crippen LogP) is 2.55. The summed E-state index contributed by atoms with van der Waals surface area (Å²) in [7, 11) is 1.61. The highest BCUT2D eigenvalue weighted by Gasteiger charge is 2.38. The zero-order valence-corrected chi connectivity index (χ0v) is 12.3. The molecule has 6 nitrogen and oxygen atoms in total. The first kappa shape index (κ1) is 14.5. The van der Waals surface area contributed by atoms with Gasteiger partial charge in [0.15, 0.2) is 0 Å². The fraction of sp³-hybridized carbons (Fsp3) is 0.385. The lowest BCUT2D eigenvalue weighted by Gasteiger charge is -2.24. The predicted molar refractivity (Wildman–Crippen MR) is 77.6 cm³/mol. The van der Waals surface area contributed by atoms with E-state index in [1.807, 2.05) is 13.2 Å². The van der Waals surface area contributed by atoms with Gasteiger partial charge in [-0.2, -0.15) is 0 Å². The normalized spacial score (nSPS) is 17.2. The minimum atomic E-state index is -0.400. The van der Waals surface area contributed by atoms with Crippen molar-refractivity contribution in [2.24, 2.45) is 0 Å². The van der Waals surface area contributed by atoms with Gasteiger partial charge < -0.3 is 14.8 Å². The summed E-state index contributed by atoms with van der Waals surface area (Å²) in [6.07, 6.45) is 1.84. The zero-order valence-electron chi connectivity index (χ0n) is 11.5. The molecule has 2 rings (SSSR count).